The minimum atomic E-state index is 0.402. The smallest absolute Gasteiger partial charge is 0.128 e. The van der Waals surface area contributed by atoms with Crippen LogP contribution in [-0.2, 0) is 4.74 Å². The van der Waals surface area contributed by atoms with E-state index in [4.69, 9.17) is 4.74 Å². The lowest BCUT2D eigenvalue weighted by atomic mass is 10.2. The Kier molecular flexibility index (Phi) is 3.37. The summed E-state index contributed by atoms with van der Waals surface area (Å²) in [5, 5.41) is 0.920. The summed E-state index contributed by atoms with van der Waals surface area (Å²) in [6.45, 7) is 2.50. The van der Waals surface area contributed by atoms with Crippen molar-refractivity contribution in [1.82, 2.24) is 4.98 Å². The number of hydrogen-bond donors (Lipinski definition) is 0. The van der Waals surface area contributed by atoms with Gasteiger partial charge in [0.25, 0.3) is 0 Å². The summed E-state index contributed by atoms with van der Waals surface area (Å²) < 4.78 is 5.43. The number of halogens is 1. The first-order valence-electron chi connectivity index (χ1n) is 4.73. The lowest BCUT2D eigenvalue weighted by Crippen LogP contribution is -2.46. The fourth-order valence-corrected chi connectivity index (χ4v) is 2.14. The van der Waals surface area contributed by atoms with Crippen molar-refractivity contribution in [1.29, 1.82) is 0 Å². The van der Waals surface area contributed by atoms with Crippen molar-refractivity contribution in [3.05, 3.63) is 24.4 Å². The average Bonchev–Trinajstić information content (AvgIpc) is 2.30. The van der Waals surface area contributed by atoms with Gasteiger partial charge >= 0.3 is 0 Å². The number of nitrogens with zero attached hydrogens (tertiary/aromatic N) is 2. The van der Waals surface area contributed by atoms with Gasteiger partial charge in [-0.3, -0.25) is 0 Å². The van der Waals surface area contributed by atoms with E-state index in [2.05, 4.69) is 25.8 Å². The Labute approximate surface area is 92.2 Å². The first-order valence-corrected chi connectivity index (χ1v) is 5.85. The summed E-state index contributed by atoms with van der Waals surface area (Å²) in [6.07, 6.45) is 1.83. The predicted octanol–water partition coefficient (Wildman–Crippen LogP) is 1.68. The van der Waals surface area contributed by atoms with Crippen LogP contribution in [-0.4, -0.2) is 36.1 Å². The molecule has 76 valence electrons. The maximum absolute atomic E-state index is 5.43. The number of aromatic nitrogens is 1. The molecule has 1 atom stereocenters. The average molecular weight is 257 g/mol. The van der Waals surface area contributed by atoms with Crippen LogP contribution < -0.4 is 4.90 Å². The second-order valence-electron chi connectivity index (χ2n) is 3.26. The van der Waals surface area contributed by atoms with E-state index in [1.165, 1.54) is 0 Å². The van der Waals surface area contributed by atoms with Gasteiger partial charge in [0.1, 0.15) is 5.82 Å². The molecule has 1 saturated heterocycles. The van der Waals surface area contributed by atoms with Gasteiger partial charge in [-0.2, -0.15) is 0 Å². The molecule has 0 aliphatic carbocycles. The molecule has 0 bridgehead atoms. The highest BCUT2D eigenvalue weighted by Gasteiger charge is 2.22. The molecule has 1 aromatic rings. The molecule has 0 saturated carbocycles. The summed E-state index contributed by atoms with van der Waals surface area (Å²) >= 11 is 3.50. The van der Waals surface area contributed by atoms with E-state index in [-0.39, 0.29) is 0 Å². The van der Waals surface area contributed by atoms with Crippen molar-refractivity contribution < 1.29 is 4.74 Å². The second kappa shape index (κ2) is 4.75. The van der Waals surface area contributed by atoms with Crippen molar-refractivity contribution in [3.63, 3.8) is 0 Å². The molecule has 1 unspecified atom stereocenters. The van der Waals surface area contributed by atoms with Crippen LogP contribution >= 0.6 is 15.9 Å². The zero-order valence-corrected chi connectivity index (χ0v) is 9.48. The molecule has 0 amide bonds. The van der Waals surface area contributed by atoms with Gasteiger partial charge in [-0.05, 0) is 12.1 Å². The molecular formula is C10H13BrN2O. The Bertz CT molecular complexity index is 281. The van der Waals surface area contributed by atoms with Crippen LogP contribution in [0.1, 0.15) is 0 Å². The van der Waals surface area contributed by atoms with Gasteiger partial charge in [0.15, 0.2) is 0 Å². The van der Waals surface area contributed by atoms with Crippen molar-refractivity contribution in [3.8, 4) is 0 Å². The van der Waals surface area contributed by atoms with E-state index in [9.17, 15) is 0 Å². The zero-order valence-electron chi connectivity index (χ0n) is 7.90. The van der Waals surface area contributed by atoms with E-state index >= 15 is 0 Å². The van der Waals surface area contributed by atoms with Crippen LogP contribution in [0.25, 0.3) is 0 Å². The number of rotatable bonds is 2. The van der Waals surface area contributed by atoms with Gasteiger partial charge in [-0.1, -0.05) is 22.0 Å². The minimum absolute atomic E-state index is 0.402. The van der Waals surface area contributed by atoms with Gasteiger partial charge in [0.05, 0.1) is 19.3 Å². The Balaban J connectivity index is 2.15. The van der Waals surface area contributed by atoms with Crippen LogP contribution in [0.4, 0.5) is 5.82 Å². The van der Waals surface area contributed by atoms with E-state index in [1.807, 2.05) is 24.4 Å². The normalized spacial score (nSPS) is 22.4. The van der Waals surface area contributed by atoms with Gasteiger partial charge in [-0.25, -0.2) is 4.98 Å². The third-order valence-electron chi connectivity index (χ3n) is 2.35. The number of pyridine rings is 1. The number of anilines is 1. The topological polar surface area (TPSA) is 25.4 Å². The van der Waals surface area contributed by atoms with Crippen molar-refractivity contribution in [2.75, 3.05) is 30.0 Å². The number of ether oxygens (including phenoxy) is 1. The summed E-state index contributed by atoms with van der Waals surface area (Å²) in [5.41, 5.74) is 0. The largest absolute Gasteiger partial charge is 0.377 e. The first-order chi connectivity index (χ1) is 6.92. The monoisotopic (exact) mass is 256 g/mol. The molecule has 1 aliphatic heterocycles. The zero-order chi connectivity index (χ0) is 9.80. The van der Waals surface area contributed by atoms with Crippen LogP contribution in [0.2, 0.25) is 0 Å². The van der Waals surface area contributed by atoms with Gasteiger partial charge < -0.3 is 9.64 Å². The highest BCUT2D eigenvalue weighted by Crippen LogP contribution is 2.17. The predicted molar refractivity (Wildman–Crippen MR) is 60.0 cm³/mol. The number of morpholine rings is 1. The number of hydrogen-bond acceptors (Lipinski definition) is 3. The van der Waals surface area contributed by atoms with Gasteiger partial charge in [0.2, 0.25) is 0 Å². The fourth-order valence-electron chi connectivity index (χ4n) is 1.61. The lowest BCUT2D eigenvalue weighted by Gasteiger charge is -2.35. The molecule has 3 nitrogen and oxygen atoms in total. The standard InChI is InChI=1S/C10H13BrN2O/c11-7-9-8-14-6-5-13(9)10-3-1-2-4-12-10/h1-4,9H,5-8H2. The molecule has 0 spiro atoms. The highest BCUT2D eigenvalue weighted by atomic mass is 79.9. The quantitative estimate of drug-likeness (QED) is 0.754. The number of alkyl halides is 1. The molecule has 1 fully saturated rings. The summed E-state index contributed by atoms with van der Waals surface area (Å²) in [4.78, 5) is 6.64. The molecule has 0 radical (unpaired) electrons. The molecule has 4 heteroatoms. The van der Waals surface area contributed by atoms with E-state index in [0.29, 0.717) is 6.04 Å². The SMILES string of the molecule is BrCC1COCCN1c1ccccn1. The van der Waals surface area contributed by atoms with E-state index in [0.717, 1.165) is 30.9 Å². The van der Waals surface area contributed by atoms with Gasteiger partial charge in [-0.15, -0.1) is 0 Å². The second-order valence-corrected chi connectivity index (χ2v) is 3.91. The highest BCUT2D eigenvalue weighted by molar-refractivity contribution is 9.09. The summed E-state index contributed by atoms with van der Waals surface area (Å²) in [5.74, 6) is 1.04. The van der Waals surface area contributed by atoms with Crippen molar-refractivity contribution >= 4 is 21.7 Å². The van der Waals surface area contributed by atoms with Crippen LogP contribution in [0.5, 0.6) is 0 Å². The summed E-state index contributed by atoms with van der Waals surface area (Å²) in [6, 6.07) is 6.40. The van der Waals surface area contributed by atoms with E-state index < -0.39 is 0 Å². The van der Waals surface area contributed by atoms with Crippen molar-refractivity contribution in [2.45, 2.75) is 6.04 Å². The fraction of sp³-hybridized carbons (Fsp3) is 0.500. The van der Waals surface area contributed by atoms with Crippen LogP contribution in [0, 0.1) is 0 Å². The van der Waals surface area contributed by atoms with Crippen molar-refractivity contribution in [2.24, 2.45) is 0 Å². The Morgan fingerprint density at radius 3 is 3.21 bits per heavy atom. The van der Waals surface area contributed by atoms with Crippen LogP contribution in [0.15, 0.2) is 24.4 Å². The Hall–Kier alpha value is -0.610. The minimum Gasteiger partial charge on any atom is -0.377 e. The van der Waals surface area contributed by atoms with E-state index in [1.54, 1.807) is 0 Å². The molecule has 0 N–H and O–H groups in total. The summed E-state index contributed by atoms with van der Waals surface area (Å²) in [7, 11) is 0. The maximum atomic E-state index is 5.43. The Morgan fingerprint density at radius 2 is 2.50 bits per heavy atom. The van der Waals surface area contributed by atoms with Crippen LogP contribution in [0.3, 0.4) is 0 Å². The third-order valence-corrected chi connectivity index (χ3v) is 3.10. The third kappa shape index (κ3) is 2.07. The first kappa shape index (κ1) is 9.93. The maximum Gasteiger partial charge on any atom is 0.128 e. The molecular weight excluding hydrogens is 244 g/mol. The molecule has 0 aromatic carbocycles. The molecule has 2 rings (SSSR count). The lowest BCUT2D eigenvalue weighted by molar-refractivity contribution is 0.1000. The Morgan fingerprint density at radius 1 is 1.57 bits per heavy atom. The van der Waals surface area contributed by atoms with Gasteiger partial charge in [0, 0.05) is 18.1 Å². The molecule has 14 heavy (non-hydrogen) atoms. The molecule has 2 heterocycles. The molecule has 1 aromatic heterocycles. The molecule has 1 aliphatic rings.